The fourth-order valence-electron chi connectivity index (χ4n) is 3.14. The number of benzene rings is 1. The van der Waals surface area contributed by atoms with Crippen LogP contribution in [0.15, 0.2) is 66.5 Å². The molecule has 3 aromatic rings. The summed E-state index contributed by atoms with van der Waals surface area (Å²) < 4.78 is 19.2. The standard InChI is InChI=1S/C23H26FN3O/c1-4-16(9-10-25)14-28-15-17-5-7-19(8-6-17)23(2,3)21-12-18-11-20(24)13-26-22(18)27-21/h4-13H,14-15,25H2,1-3H3,(H,26,27)/b10-9-,16-4+. The van der Waals surface area contributed by atoms with Crippen molar-refractivity contribution in [3.63, 3.8) is 0 Å². The van der Waals surface area contributed by atoms with Gasteiger partial charge in [-0.1, -0.05) is 44.2 Å². The third kappa shape index (κ3) is 4.31. The Morgan fingerprint density at radius 3 is 2.68 bits per heavy atom. The molecule has 0 aliphatic rings. The number of nitrogens with two attached hydrogens (primary N) is 1. The summed E-state index contributed by atoms with van der Waals surface area (Å²) in [6.45, 7) is 7.29. The van der Waals surface area contributed by atoms with Crippen LogP contribution in [0.2, 0.25) is 0 Å². The van der Waals surface area contributed by atoms with E-state index < -0.39 is 0 Å². The van der Waals surface area contributed by atoms with Crippen molar-refractivity contribution in [1.29, 1.82) is 0 Å². The second-order valence-corrected chi connectivity index (χ2v) is 7.31. The molecule has 0 atom stereocenters. The van der Waals surface area contributed by atoms with Crippen LogP contribution >= 0.6 is 0 Å². The van der Waals surface area contributed by atoms with E-state index in [2.05, 4.69) is 48.1 Å². The summed E-state index contributed by atoms with van der Waals surface area (Å²) in [5, 5.41) is 0.777. The molecule has 3 N–H and O–H groups in total. The van der Waals surface area contributed by atoms with E-state index in [1.165, 1.54) is 18.5 Å². The van der Waals surface area contributed by atoms with E-state index in [-0.39, 0.29) is 11.2 Å². The molecular weight excluding hydrogens is 353 g/mol. The summed E-state index contributed by atoms with van der Waals surface area (Å²) in [6.07, 6.45) is 6.57. The molecule has 5 heteroatoms. The van der Waals surface area contributed by atoms with E-state index in [9.17, 15) is 4.39 Å². The summed E-state index contributed by atoms with van der Waals surface area (Å²) in [7, 11) is 0. The van der Waals surface area contributed by atoms with Gasteiger partial charge in [0.25, 0.3) is 0 Å². The van der Waals surface area contributed by atoms with Crippen LogP contribution in [0.25, 0.3) is 11.0 Å². The van der Waals surface area contributed by atoms with Crippen LogP contribution in [-0.2, 0) is 16.8 Å². The van der Waals surface area contributed by atoms with Gasteiger partial charge >= 0.3 is 0 Å². The van der Waals surface area contributed by atoms with Crippen molar-refractivity contribution in [2.45, 2.75) is 32.8 Å². The lowest BCUT2D eigenvalue weighted by Gasteiger charge is -2.24. The summed E-state index contributed by atoms with van der Waals surface area (Å²) in [4.78, 5) is 7.44. The Balaban J connectivity index is 1.72. The molecule has 0 aliphatic heterocycles. The van der Waals surface area contributed by atoms with Crippen LogP contribution in [0.5, 0.6) is 0 Å². The zero-order chi connectivity index (χ0) is 20.1. The Morgan fingerprint density at radius 1 is 1.25 bits per heavy atom. The molecule has 28 heavy (non-hydrogen) atoms. The number of fused-ring (bicyclic) bond motifs is 1. The van der Waals surface area contributed by atoms with Crippen LogP contribution in [0, 0.1) is 5.82 Å². The normalized spacial score (nSPS) is 12.9. The lowest BCUT2D eigenvalue weighted by molar-refractivity contribution is 0.144. The minimum Gasteiger partial charge on any atom is -0.405 e. The zero-order valence-electron chi connectivity index (χ0n) is 16.5. The minimum absolute atomic E-state index is 0.263. The number of halogens is 1. The predicted octanol–water partition coefficient (Wildman–Crippen LogP) is 4.96. The summed E-state index contributed by atoms with van der Waals surface area (Å²) in [6, 6.07) is 11.8. The molecule has 0 aliphatic carbocycles. The number of pyridine rings is 1. The zero-order valence-corrected chi connectivity index (χ0v) is 16.5. The van der Waals surface area contributed by atoms with E-state index in [0.717, 1.165) is 27.8 Å². The number of aromatic nitrogens is 2. The number of H-pyrrole nitrogens is 1. The van der Waals surface area contributed by atoms with Crippen molar-refractivity contribution in [2.75, 3.05) is 6.61 Å². The Labute approximate surface area is 164 Å². The molecule has 0 bridgehead atoms. The summed E-state index contributed by atoms with van der Waals surface area (Å²) in [5.41, 5.74) is 10.2. The highest BCUT2D eigenvalue weighted by molar-refractivity contribution is 5.77. The van der Waals surface area contributed by atoms with Gasteiger partial charge in [-0.25, -0.2) is 9.37 Å². The van der Waals surface area contributed by atoms with Gasteiger partial charge in [-0.2, -0.15) is 0 Å². The van der Waals surface area contributed by atoms with Crippen molar-refractivity contribution in [1.82, 2.24) is 9.97 Å². The molecule has 0 saturated heterocycles. The van der Waals surface area contributed by atoms with Gasteiger partial charge in [-0.05, 0) is 48.0 Å². The Morgan fingerprint density at radius 2 is 2.00 bits per heavy atom. The van der Waals surface area contributed by atoms with Gasteiger partial charge in [-0.15, -0.1) is 0 Å². The van der Waals surface area contributed by atoms with Gasteiger partial charge in [0, 0.05) is 16.5 Å². The van der Waals surface area contributed by atoms with Gasteiger partial charge in [-0.3, -0.25) is 0 Å². The molecule has 0 unspecified atom stereocenters. The SMILES string of the molecule is C/C=C(\C=C/N)COCc1ccc(C(C)(C)c2cc3cc(F)cnc3[nH]2)cc1. The number of rotatable bonds is 7. The molecule has 0 spiro atoms. The topological polar surface area (TPSA) is 63.9 Å². The maximum Gasteiger partial charge on any atom is 0.142 e. The molecule has 0 amide bonds. The number of nitrogens with one attached hydrogen (secondary N) is 1. The van der Waals surface area contributed by atoms with Crippen LogP contribution in [0.1, 0.15) is 37.6 Å². The van der Waals surface area contributed by atoms with Crippen molar-refractivity contribution in [2.24, 2.45) is 5.73 Å². The molecule has 0 fully saturated rings. The molecular formula is C23H26FN3O. The Hall–Kier alpha value is -2.92. The van der Waals surface area contributed by atoms with Gasteiger partial charge in [0.05, 0.1) is 19.4 Å². The van der Waals surface area contributed by atoms with Crippen molar-refractivity contribution < 1.29 is 9.13 Å². The first-order chi connectivity index (χ1) is 13.4. The lowest BCUT2D eigenvalue weighted by Crippen LogP contribution is -2.19. The number of allylic oxidation sites excluding steroid dienone is 1. The summed E-state index contributed by atoms with van der Waals surface area (Å²) >= 11 is 0. The number of nitrogens with zero attached hydrogens (tertiary/aromatic N) is 1. The Kier molecular flexibility index (Phi) is 5.95. The minimum atomic E-state index is -0.330. The number of hydrogen-bond donors (Lipinski definition) is 2. The Bertz CT molecular complexity index is 1000. The van der Waals surface area contributed by atoms with Crippen LogP contribution in [-0.4, -0.2) is 16.6 Å². The van der Waals surface area contributed by atoms with E-state index in [1.807, 2.05) is 25.1 Å². The van der Waals surface area contributed by atoms with Gasteiger partial charge in [0.15, 0.2) is 0 Å². The highest BCUT2D eigenvalue weighted by atomic mass is 19.1. The molecule has 4 nitrogen and oxygen atoms in total. The number of ether oxygens (including phenoxy) is 1. The monoisotopic (exact) mass is 379 g/mol. The highest BCUT2D eigenvalue weighted by Crippen LogP contribution is 2.32. The fraction of sp³-hybridized carbons (Fsp3) is 0.261. The molecule has 0 radical (unpaired) electrons. The third-order valence-electron chi connectivity index (χ3n) is 5.00. The number of hydrogen-bond acceptors (Lipinski definition) is 3. The van der Waals surface area contributed by atoms with Crippen LogP contribution < -0.4 is 5.73 Å². The lowest BCUT2D eigenvalue weighted by atomic mass is 9.81. The first-order valence-electron chi connectivity index (χ1n) is 9.29. The predicted molar refractivity (Wildman–Crippen MR) is 111 cm³/mol. The molecule has 2 heterocycles. The van der Waals surface area contributed by atoms with Gasteiger partial charge < -0.3 is 15.5 Å². The van der Waals surface area contributed by atoms with Gasteiger partial charge in [0.2, 0.25) is 0 Å². The fourth-order valence-corrected chi connectivity index (χ4v) is 3.14. The highest BCUT2D eigenvalue weighted by Gasteiger charge is 2.25. The third-order valence-corrected chi connectivity index (χ3v) is 5.00. The molecule has 0 saturated carbocycles. The molecule has 1 aromatic carbocycles. The van der Waals surface area contributed by atoms with Crippen LogP contribution in [0.4, 0.5) is 4.39 Å². The summed E-state index contributed by atoms with van der Waals surface area (Å²) in [5.74, 6) is -0.330. The first-order valence-corrected chi connectivity index (χ1v) is 9.29. The van der Waals surface area contributed by atoms with E-state index >= 15 is 0 Å². The quantitative estimate of drug-likeness (QED) is 0.570. The van der Waals surface area contributed by atoms with E-state index in [4.69, 9.17) is 10.5 Å². The van der Waals surface area contributed by atoms with E-state index in [0.29, 0.717) is 18.9 Å². The first kappa shape index (κ1) is 19.8. The average molecular weight is 379 g/mol. The maximum atomic E-state index is 13.4. The van der Waals surface area contributed by atoms with Crippen molar-refractivity contribution in [3.8, 4) is 0 Å². The van der Waals surface area contributed by atoms with E-state index in [1.54, 1.807) is 0 Å². The smallest absolute Gasteiger partial charge is 0.142 e. The largest absolute Gasteiger partial charge is 0.405 e. The molecule has 3 rings (SSSR count). The van der Waals surface area contributed by atoms with Crippen molar-refractivity contribution in [3.05, 3.63) is 89.2 Å². The van der Waals surface area contributed by atoms with Crippen LogP contribution in [0.3, 0.4) is 0 Å². The number of aromatic amines is 1. The maximum absolute atomic E-state index is 13.4. The molecule has 2 aromatic heterocycles. The van der Waals surface area contributed by atoms with Crippen molar-refractivity contribution >= 4 is 11.0 Å². The van der Waals surface area contributed by atoms with Gasteiger partial charge in [0.1, 0.15) is 11.5 Å². The second kappa shape index (κ2) is 8.40. The second-order valence-electron chi connectivity index (χ2n) is 7.31. The average Bonchev–Trinajstić information content (AvgIpc) is 3.11. The molecule has 146 valence electrons.